The molecule has 29 heavy (non-hydrogen) atoms. The van der Waals surface area contributed by atoms with Gasteiger partial charge in [0.15, 0.2) is 0 Å². The van der Waals surface area contributed by atoms with Crippen molar-refractivity contribution in [1.82, 2.24) is 4.90 Å². The van der Waals surface area contributed by atoms with Crippen LogP contribution in [0.15, 0.2) is 29.3 Å². The molecule has 1 aliphatic carbocycles. The van der Waals surface area contributed by atoms with Crippen LogP contribution in [0.5, 0.6) is 0 Å². The predicted molar refractivity (Wildman–Crippen MR) is 116 cm³/mol. The summed E-state index contributed by atoms with van der Waals surface area (Å²) in [5.74, 6) is 1.20. The molecule has 156 valence electrons. The van der Waals surface area contributed by atoms with Crippen molar-refractivity contribution in [3.63, 3.8) is 0 Å². The van der Waals surface area contributed by atoms with E-state index in [1.807, 2.05) is 4.90 Å². The van der Waals surface area contributed by atoms with E-state index in [1.165, 1.54) is 0 Å². The molecule has 1 spiro atoms. The van der Waals surface area contributed by atoms with Crippen molar-refractivity contribution in [2.24, 2.45) is 10.4 Å². The van der Waals surface area contributed by atoms with E-state index in [0.29, 0.717) is 19.8 Å². The Kier molecular flexibility index (Phi) is 5.85. The summed E-state index contributed by atoms with van der Waals surface area (Å²) in [5, 5.41) is 0. The van der Waals surface area contributed by atoms with Crippen molar-refractivity contribution in [3.8, 4) is 0 Å². The van der Waals surface area contributed by atoms with Gasteiger partial charge in [-0.1, -0.05) is 64.3 Å². The second kappa shape index (κ2) is 8.23. The monoisotopic (exact) mass is 396 g/mol. The van der Waals surface area contributed by atoms with E-state index in [0.717, 1.165) is 61.8 Å². The van der Waals surface area contributed by atoms with Gasteiger partial charge in [0.2, 0.25) is 0 Å². The normalized spacial score (nSPS) is 23.1. The lowest BCUT2D eigenvalue weighted by Crippen LogP contribution is -2.47. The summed E-state index contributed by atoms with van der Waals surface area (Å²) >= 11 is 0. The highest BCUT2D eigenvalue weighted by molar-refractivity contribution is 6.61. The molecule has 1 aromatic carbocycles. The van der Waals surface area contributed by atoms with Gasteiger partial charge in [-0.15, -0.1) is 0 Å². The second-order valence-electron chi connectivity index (χ2n) is 9.62. The lowest BCUT2D eigenvalue weighted by molar-refractivity contribution is -0.131. The second-order valence-corrected chi connectivity index (χ2v) is 9.62. The molecule has 2 aliphatic heterocycles. The zero-order valence-electron chi connectivity index (χ0n) is 18.1. The van der Waals surface area contributed by atoms with Crippen molar-refractivity contribution in [3.05, 3.63) is 29.8 Å². The van der Waals surface area contributed by atoms with Crippen LogP contribution in [0.4, 0.5) is 0 Å². The minimum Gasteiger partial charge on any atom is -0.407 e. The number of carbonyl (C=O) groups excluding carboxylic acids is 1. The molecule has 0 unspecified atom stereocenters. The maximum absolute atomic E-state index is 13.3. The number of hydrogen-bond acceptors (Lipinski definition) is 4. The average Bonchev–Trinajstić information content (AvgIpc) is 3.28. The highest BCUT2D eigenvalue weighted by Gasteiger charge is 2.49. The van der Waals surface area contributed by atoms with Gasteiger partial charge in [0.25, 0.3) is 5.91 Å². The minimum atomic E-state index is -0.459. The summed E-state index contributed by atoms with van der Waals surface area (Å²) in [4.78, 5) is 20.2. The third-order valence-electron chi connectivity index (χ3n) is 6.33. The summed E-state index contributed by atoms with van der Waals surface area (Å²) in [5.41, 5.74) is 1.76. The van der Waals surface area contributed by atoms with Crippen molar-refractivity contribution in [2.75, 3.05) is 13.2 Å². The van der Waals surface area contributed by atoms with E-state index in [9.17, 15) is 4.79 Å². The molecule has 0 bridgehead atoms. The highest BCUT2D eigenvalue weighted by atomic mass is 16.6. The Hall–Kier alpha value is -1.66. The SMILES string of the molecule is CCCCC1=NC2(CCCC2)C(=O)N1Cc1ccc(B2OCC(C)(C)CO2)cc1. The molecule has 1 amide bonds. The van der Waals surface area contributed by atoms with Gasteiger partial charge in [0, 0.05) is 25.0 Å². The smallest absolute Gasteiger partial charge is 0.407 e. The molecular formula is C23H33BN2O3. The highest BCUT2D eigenvalue weighted by Crippen LogP contribution is 2.40. The molecule has 2 heterocycles. The lowest BCUT2D eigenvalue weighted by Gasteiger charge is -2.33. The number of carbonyl (C=O) groups is 1. The maximum atomic E-state index is 13.3. The summed E-state index contributed by atoms with van der Waals surface area (Å²) in [6, 6.07) is 8.30. The van der Waals surface area contributed by atoms with E-state index in [1.54, 1.807) is 0 Å². The van der Waals surface area contributed by atoms with Gasteiger partial charge in [0.1, 0.15) is 11.4 Å². The predicted octanol–water partition coefficient (Wildman–Crippen LogP) is 3.70. The molecule has 0 atom stereocenters. The Morgan fingerprint density at radius 2 is 1.76 bits per heavy atom. The molecule has 1 saturated carbocycles. The van der Waals surface area contributed by atoms with Crippen molar-refractivity contribution >= 4 is 24.3 Å². The Labute approximate surface area is 175 Å². The van der Waals surface area contributed by atoms with Crippen LogP contribution in [0.3, 0.4) is 0 Å². The third-order valence-corrected chi connectivity index (χ3v) is 6.33. The van der Waals surface area contributed by atoms with Crippen LogP contribution in [0, 0.1) is 5.41 Å². The molecule has 6 heteroatoms. The van der Waals surface area contributed by atoms with E-state index in [4.69, 9.17) is 14.3 Å². The molecule has 2 fully saturated rings. The Bertz CT molecular complexity index is 759. The molecule has 0 radical (unpaired) electrons. The van der Waals surface area contributed by atoms with Gasteiger partial charge >= 0.3 is 7.12 Å². The number of aliphatic imine (C=N–C) groups is 1. The number of unbranched alkanes of at least 4 members (excludes halogenated alkanes) is 1. The van der Waals surface area contributed by atoms with Crippen LogP contribution < -0.4 is 5.46 Å². The molecule has 0 N–H and O–H groups in total. The molecule has 4 rings (SSSR count). The van der Waals surface area contributed by atoms with Crippen LogP contribution in [0.25, 0.3) is 0 Å². The number of nitrogens with zero attached hydrogens (tertiary/aromatic N) is 2. The zero-order valence-corrected chi connectivity index (χ0v) is 18.1. The number of amides is 1. The summed E-state index contributed by atoms with van der Waals surface area (Å²) in [7, 11) is -0.297. The van der Waals surface area contributed by atoms with Crippen LogP contribution >= 0.6 is 0 Å². The molecule has 0 aromatic heterocycles. The number of hydrogen-bond donors (Lipinski definition) is 0. The van der Waals surface area contributed by atoms with E-state index < -0.39 is 5.54 Å². The van der Waals surface area contributed by atoms with Crippen LogP contribution in [-0.2, 0) is 20.6 Å². The first-order valence-corrected chi connectivity index (χ1v) is 11.2. The first kappa shape index (κ1) is 20.6. The summed E-state index contributed by atoms with van der Waals surface area (Å²) in [6.45, 7) is 8.47. The van der Waals surface area contributed by atoms with Crippen LogP contribution in [0.2, 0.25) is 0 Å². The molecule has 1 aromatic rings. The third kappa shape index (κ3) is 4.29. The standard InChI is InChI=1S/C23H33BN2O3/c1-4-5-8-20-25-23(13-6-7-14-23)21(27)26(20)15-18-9-11-19(12-10-18)24-28-16-22(2,3)17-29-24/h9-12H,4-8,13-17H2,1-3H3. The van der Waals surface area contributed by atoms with E-state index in [-0.39, 0.29) is 18.4 Å². The molecule has 1 saturated heterocycles. The number of rotatable bonds is 6. The fraction of sp³-hybridized carbons (Fsp3) is 0.652. The average molecular weight is 396 g/mol. The fourth-order valence-corrected chi connectivity index (χ4v) is 4.55. The molecular weight excluding hydrogens is 363 g/mol. The quantitative estimate of drug-likeness (QED) is 0.689. The first-order chi connectivity index (χ1) is 13.9. The fourth-order valence-electron chi connectivity index (χ4n) is 4.55. The van der Waals surface area contributed by atoms with Gasteiger partial charge in [0.05, 0.1) is 6.54 Å². The zero-order chi connectivity index (χ0) is 20.5. The first-order valence-electron chi connectivity index (χ1n) is 11.2. The lowest BCUT2D eigenvalue weighted by atomic mass is 9.75. The van der Waals surface area contributed by atoms with Gasteiger partial charge < -0.3 is 9.31 Å². The van der Waals surface area contributed by atoms with Crippen LogP contribution in [0.1, 0.15) is 71.3 Å². The number of amidine groups is 1. The summed E-state index contributed by atoms with van der Waals surface area (Å²) in [6.07, 6.45) is 7.11. The van der Waals surface area contributed by atoms with E-state index >= 15 is 0 Å². The summed E-state index contributed by atoms with van der Waals surface area (Å²) < 4.78 is 11.8. The van der Waals surface area contributed by atoms with Crippen molar-refractivity contribution < 1.29 is 14.1 Å². The van der Waals surface area contributed by atoms with Gasteiger partial charge in [-0.3, -0.25) is 14.7 Å². The Morgan fingerprint density at radius 1 is 1.10 bits per heavy atom. The molecule has 3 aliphatic rings. The van der Waals surface area contributed by atoms with Gasteiger partial charge in [-0.25, -0.2) is 0 Å². The van der Waals surface area contributed by atoms with Crippen LogP contribution in [-0.4, -0.2) is 42.5 Å². The maximum Gasteiger partial charge on any atom is 0.493 e. The van der Waals surface area contributed by atoms with E-state index in [2.05, 4.69) is 45.0 Å². The molecule has 5 nitrogen and oxygen atoms in total. The minimum absolute atomic E-state index is 0.0664. The van der Waals surface area contributed by atoms with Crippen molar-refractivity contribution in [2.45, 2.75) is 77.8 Å². The topological polar surface area (TPSA) is 51.1 Å². The Balaban J connectivity index is 1.45. The number of benzene rings is 1. The largest absolute Gasteiger partial charge is 0.493 e. The van der Waals surface area contributed by atoms with Gasteiger partial charge in [-0.05, 0) is 30.3 Å². The van der Waals surface area contributed by atoms with Gasteiger partial charge in [-0.2, -0.15) is 0 Å². The Morgan fingerprint density at radius 3 is 2.38 bits per heavy atom. The van der Waals surface area contributed by atoms with Crippen molar-refractivity contribution in [1.29, 1.82) is 0 Å².